The average Bonchev–Trinajstić information content (AvgIpc) is 2.53. The summed E-state index contributed by atoms with van der Waals surface area (Å²) in [7, 11) is -3.37. The van der Waals surface area contributed by atoms with Crippen LogP contribution in [0, 0.1) is 6.92 Å². The fraction of sp³-hybridized carbons (Fsp3) is 0.400. The summed E-state index contributed by atoms with van der Waals surface area (Å²) >= 11 is 0. The highest BCUT2D eigenvalue weighted by Crippen LogP contribution is 2.24. The van der Waals surface area contributed by atoms with Crippen molar-refractivity contribution in [2.24, 2.45) is 0 Å². The molecule has 0 fully saturated rings. The number of hydrogen-bond acceptors (Lipinski definition) is 3. The topological polar surface area (TPSA) is 55.4 Å². The third-order valence-corrected chi connectivity index (χ3v) is 5.35. The summed E-state index contributed by atoms with van der Waals surface area (Å²) in [6.07, 6.45) is 0. The second-order valence-electron chi connectivity index (χ2n) is 7.20. The van der Waals surface area contributed by atoms with Crippen LogP contribution in [0.1, 0.15) is 37.5 Å². The molecule has 0 heterocycles. The van der Waals surface area contributed by atoms with E-state index in [1.54, 1.807) is 0 Å². The van der Waals surface area contributed by atoms with Crippen molar-refractivity contribution in [1.29, 1.82) is 0 Å². The highest BCUT2D eigenvalue weighted by Gasteiger charge is 2.14. The molecule has 0 atom stereocenters. The molecule has 0 aliphatic rings. The minimum absolute atomic E-state index is 0.0139. The molecule has 0 spiro atoms. The van der Waals surface area contributed by atoms with Crippen LogP contribution in [0.4, 0.5) is 0 Å². The Bertz CT molecular complexity index is 790. The summed E-state index contributed by atoms with van der Waals surface area (Å²) in [5, 5.41) is 0. The summed E-state index contributed by atoms with van der Waals surface area (Å²) in [5.74, 6) is 0.728. The average molecular weight is 362 g/mol. The van der Waals surface area contributed by atoms with E-state index in [-0.39, 0.29) is 17.7 Å². The van der Waals surface area contributed by atoms with Crippen LogP contribution < -0.4 is 9.46 Å². The molecular formula is C20H27NO3S. The highest BCUT2D eigenvalue weighted by atomic mass is 32.2. The van der Waals surface area contributed by atoms with Gasteiger partial charge in [0.25, 0.3) is 0 Å². The molecule has 5 heteroatoms. The first-order valence-electron chi connectivity index (χ1n) is 8.42. The number of ether oxygens (including phenoxy) is 1. The lowest BCUT2D eigenvalue weighted by atomic mass is 9.87. The monoisotopic (exact) mass is 361 g/mol. The predicted molar refractivity (Wildman–Crippen MR) is 102 cm³/mol. The van der Waals surface area contributed by atoms with Gasteiger partial charge in [0.05, 0.1) is 5.75 Å². The molecule has 136 valence electrons. The minimum atomic E-state index is -3.37. The lowest BCUT2D eigenvalue weighted by molar-refractivity contribution is 0.322. The zero-order valence-electron chi connectivity index (χ0n) is 15.4. The Morgan fingerprint density at radius 1 is 1.00 bits per heavy atom. The number of aryl methyl sites for hydroxylation is 1. The Balaban J connectivity index is 1.81. The summed E-state index contributed by atoms with van der Waals surface area (Å²) in [6.45, 7) is 8.93. The summed E-state index contributed by atoms with van der Waals surface area (Å²) in [5.41, 5.74) is 3.12. The van der Waals surface area contributed by atoms with Crippen LogP contribution >= 0.6 is 0 Å². The maximum atomic E-state index is 12.2. The van der Waals surface area contributed by atoms with Crippen molar-refractivity contribution in [3.8, 4) is 5.75 Å². The SMILES string of the molecule is Cc1ccccc1CS(=O)(=O)NCCOc1ccc(C(C)(C)C)cc1. The molecule has 1 N–H and O–H groups in total. The van der Waals surface area contributed by atoms with E-state index >= 15 is 0 Å². The van der Waals surface area contributed by atoms with Gasteiger partial charge in [-0.1, -0.05) is 57.2 Å². The van der Waals surface area contributed by atoms with E-state index in [9.17, 15) is 8.42 Å². The van der Waals surface area contributed by atoms with Gasteiger partial charge in [-0.25, -0.2) is 13.1 Å². The quantitative estimate of drug-likeness (QED) is 0.764. The van der Waals surface area contributed by atoms with Gasteiger partial charge >= 0.3 is 0 Å². The van der Waals surface area contributed by atoms with Crippen LogP contribution in [-0.2, 0) is 21.2 Å². The van der Waals surface area contributed by atoms with E-state index in [2.05, 4.69) is 25.5 Å². The molecular weight excluding hydrogens is 334 g/mol. The number of hydrogen-bond donors (Lipinski definition) is 1. The molecule has 0 unspecified atom stereocenters. The normalized spacial score (nSPS) is 12.2. The first-order valence-corrected chi connectivity index (χ1v) is 10.1. The maximum Gasteiger partial charge on any atom is 0.215 e. The Kier molecular flexibility index (Phi) is 6.25. The second-order valence-corrected chi connectivity index (χ2v) is 9.01. The molecule has 0 amide bonds. The standard InChI is InChI=1S/C20H27NO3S/c1-16-7-5-6-8-17(16)15-25(22,23)21-13-14-24-19-11-9-18(10-12-19)20(2,3)4/h5-12,21H,13-15H2,1-4H3. The second kappa shape index (κ2) is 8.02. The molecule has 0 aliphatic carbocycles. The number of rotatable bonds is 7. The van der Waals surface area contributed by atoms with Gasteiger partial charge in [-0.3, -0.25) is 0 Å². The number of benzene rings is 2. The Morgan fingerprint density at radius 3 is 2.24 bits per heavy atom. The molecule has 0 radical (unpaired) electrons. The van der Waals surface area contributed by atoms with Crippen molar-refractivity contribution < 1.29 is 13.2 Å². The van der Waals surface area contributed by atoms with Crippen LogP contribution in [0.3, 0.4) is 0 Å². The molecule has 4 nitrogen and oxygen atoms in total. The predicted octanol–water partition coefficient (Wildman–Crippen LogP) is 3.79. The lowest BCUT2D eigenvalue weighted by Gasteiger charge is -2.19. The molecule has 2 rings (SSSR count). The van der Waals surface area contributed by atoms with Gasteiger partial charge in [0.2, 0.25) is 10.0 Å². The van der Waals surface area contributed by atoms with Crippen LogP contribution in [0.15, 0.2) is 48.5 Å². The van der Waals surface area contributed by atoms with Crippen LogP contribution in [-0.4, -0.2) is 21.6 Å². The Hall–Kier alpha value is -1.85. The van der Waals surface area contributed by atoms with Gasteiger partial charge in [0, 0.05) is 6.54 Å². The summed E-state index contributed by atoms with van der Waals surface area (Å²) in [4.78, 5) is 0. The Labute approximate surface area is 151 Å². The van der Waals surface area contributed by atoms with Crippen molar-refractivity contribution in [1.82, 2.24) is 4.72 Å². The van der Waals surface area contributed by atoms with Gasteiger partial charge in [-0.2, -0.15) is 0 Å². The van der Waals surface area contributed by atoms with E-state index < -0.39 is 10.0 Å². The molecule has 25 heavy (non-hydrogen) atoms. The molecule has 0 aromatic heterocycles. The number of nitrogens with one attached hydrogen (secondary N) is 1. The van der Waals surface area contributed by atoms with Crippen molar-refractivity contribution >= 4 is 10.0 Å². The fourth-order valence-corrected chi connectivity index (χ4v) is 3.67. The van der Waals surface area contributed by atoms with Gasteiger partial charge in [0.1, 0.15) is 12.4 Å². The van der Waals surface area contributed by atoms with Gasteiger partial charge in [-0.15, -0.1) is 0 Å². The van der Waals surface area contributed by atoms with Gasteiger partial charge in [-0.05, 0) is 41.2 Å². The van der Waals surface area contributed by atoms with Crippen LogP contribution in [0.5, 0.6) is 5.75 Å². The third kappa shape index (κ3) is 6.18. The van der Waals surface area contributed by atoms with Gasteiger partial charge < -0.3 is 4.74 Å². The third-order valence-electron chi connectivity index (χ3n) is 4.02. The minimum Gasteiger partial charge on any atom is -0.492 e. The molecule has 2 aromatic rings. The molecule has 0 bridgehead atoms. The Morgan fingerprint density at radius 2 is 1.64 bits per heavy atom. The van der Waals surface area contributed by atoms with E-state index in [1.165, 1.54) is 5.56 Å². The van der Waals surface area contributed by atoms with Crippen molar-refractivity contribution in [3.63, 3.8) is 0 Å². The van der Waals surface area contributed by atoms with Crippen LogP contribution in [0.2, 0.25) is 0 Å². The number of sulfonamides is 1. The highest BCUT2D eigenvalue weighted by molar-refractivity contribution is 7.88. The summed E-state index contributed by atoms with van der Waals surface area (Å²) < 4.78 is 32.5. The zero-order valence-corrected chi connectivity index (χ0v) is 16.2. The fourth-order valence-electron chi connectivity index (χ4n) is 2.44. The smallest absolute Gasteiger partial charge is 0.215 e. The first kappa shape index (κ1) is 19.5. The van der Waals surface area contributed by atoms with Crippen molar-refractivity contribution in [3.05, 3.63) is 65.2 Å². The largest absolute Gasteiger partial charge is 0.492 e. The van der Waals surface area contributed by atoms with Crippen molar-refractivity contribution in [2.75, 3.05) is 13.2 Å². The molecule has 2 aromatic carbocycles. The first-order chi connectivity index (χ1) is 11.7. The molecule has 0 saturated heterocycles. The van der Waals surface area contributed by atoms with Crippen LogP contribution in [0.25, 0.3) is 0 Å². The maximum absolute atomic E-state index is 12.2. The van der Waals surface area contributed by atoms with Gasteiger partial charge in [0.15, 0.2) is 0 Å². The zero-order chi connectivity index (χ0) is 18.5. The molecule has 0 aliphatic heterocycles. The van der Waals surface area contributed by atoms with E-state index in [1.807, 2.05) is 55.5 Å². The van der Waals surface area contributed by atoms with E-state index in [0.29, 0.717) is 6.61 Å². The van der Waals surface area contributed by atoms with E-state index in [0.717, 1.165) is 16.9 Å². The molecule has 0 saturated carbocycles. The lowest BCUT2D eigenvalue weighted by Crippen LogP contribution is -2.29. The summed E-state index contributed by atoms with van der Waals surface area (Å²) in [6, 6.07) is 15.4. The van der Waals surface area contributed by atoms with E-state index in [4.69, 9.17) is 4.74 Å². The van der Waals surface area contributed by atoms with Crippen molar-refractivity contribution in [2.45, 2.75) is 38.9 Å².